The van der Waals surface area contributed by atoms with Crippen LogP contribution in [0.25, 0.3) is 10.2 Å². The van der Waals surface area contributed by atoms with Gasteiger partial charge in [0, 0.05) is 11.6 Å². The molecule has 0 amide bonds. The number of aromatic nitrogens is 1. The SMILES string of the molecule is CC1OCCC1Nc1nc2ccc(Cl)cc2s1. The Morgan fingerprint density at radius 2 is 2.41 bits per heavy atom. The zero-order valence-electron chi connectivity index (χ0n) is 9.44. The van der Waals surface area contributed by atoms with E-state index in [9.17, 15) is 0 Å². The lowest BCUT2D eigenvalue weighted by Crippen LogP contribution is -2.26. The molecule has 1 aliphatic rings. The van der Waals surface area contributed by atoms with Crippen LogP contribution in [-0.2, 0) is 4.74 Å². The minimum absolute atomic E-state index is 0.255. The third kappa shape index (κ3) is 2.25. The number of thiazole rings is 1. The van der Waals surface area contributed by atoms with Crippen LogP contribution in [0, 0.1) is 0 Å². The highest BCUT2D eigenvalue weighted by atomic mass is 35.5. The molecule has 90 valence electrons. The molecular weight excluding hydrogens is 256 g/mol. The van der Waals surface area contributed by atoms with Gasteiger partial charge in [-0.15, -0.1) is 0 Å². The molecule has 1 N–H and O–H groups in total. The number of rotatable bonds is 2. The Morgan fingerprint density at radius 3 is 3.18 bits per heavy atom. The average Bonchev–Trinajstić information content (AvgIpc) is 2.85. The van der Waals surface area contributed by atoms with E-state index in [1.807, 2.05) is 18.2 Å². The molecule has 1 aromatic carbocycles. The van der Waals surface area contributed by atoms with Gasteiger partial charge in [-0.1, -0.05) is 22.9 Å². The van der Waals surface area contributed by atoms with Crippen LogP contribution in [0.15, 0.2) is 18.2 Å². The molecule has 1 aliphatic heterocycles. The van der Waals surface area contributed by atoms with Gasteiger partial charge >= 0.3 is 0 Å². The minimum atomic E-state index is 0.255. The summed E-state index contributed by atoms with van der Waals surface area (Å²) in [6, 6.07) is 6.14. The molecule has 1 saturated heterocycles. The highest BCUT2D eigenvalue weighted by molar-refractivity contribution is 7.22. The van der Waals surface area contributed by atoms with Gasteiger partial charge in [0.2, 0.25) is 0 Å². The molecule has 2 unspecified atom stereocenters. The van der Waals surface area contributed by atoms with E-state index in [0.717, 1.165) is 33.4 Å². The van der Waals surface area contributed by atoms with Gasteiger partial charge in [0.1, 0.15) is 0 Å². The van der Waals surface area contributed by atoms with Gasteiger partial charge in [-0.2, -0.15) is 0 Å². The molecule has 0 aliphatic carbocycles. The summed E-state index contributed by atoms with van der Waals surface area (Å²) in [5.41, 5.74) is 0.994. The van der Waals surface area contributed by atoms with Gasteiger partial charge in [0.25, 0.3) is 0 Å². The Hall–Kier alpha value is -0.840. The van der Waals surface area contributed by atoms with Crippen LogP contribution in [0.5, 0.6) is 0 Å². The Labute approximate surface area is 109 Å². The first-order valence-corrected chi connectivity index (χ1v) is 6.86. The maximum absolute atomic E-state index is 5.96. The first-order chi connectivity index (χ1) is 8.22. The standard InChI is InChI=1S/C12H13ClN2OS/c1-7-9(4-5-16-7)14-12-15-10-3-2-8(13)6-11(10)17-12/h2-3,6-7,9H,4-5H2,1H3,(H,14,15). The molecule has 2 atom stereocenters. The van der Waals surface area contributed by atoms with Gasteiger partial charge in [0.05, 0.1) is 22.4 Å². The molecule has 1 aromatic heterocycles. The monoisotopic (exact) mass is 268 g/mol. The van der Waals surface area contributed by atoms with Gasteiger partial charge in [-0.3, -0.25) is 0 Å². The molecule has 0 saturated carbocycles. The molecule has 5 heteroatoms. The van der Waals surface area contributed by atoms with Crippen molar-refractivity contribution in [3.05, 3.63) is 23.2 Å². The summed E-state index contributed by atoms with van der Waals surface area (Å²) in [4.78, 5) is 4.54. The van der Waals surface area contributed by atoms with E-state index in [1.54, 1.807) is 11.3 Å². The fraction of sp³-hybridized carbons (Fsp3) is 0.417. The predicted molar refractivity (Wildman–Crippen MR) is 72.1 cm³/mol. The molecule has 2 aromatic rings. The molecule has 2 heterocycles. The minimum Gasteiger partial charge on any atom is -0.376 e. The van der Waals surface area contributed by atoms with Crippen molar-refractivity contribution in [3.8, 4) is 0 Å². The average molecular weight is 269 g/mol. The Morgan fingerprint density at radius 1 is 1.53 bits per heavy atom. The highest BCUT2D eigenvalue weighted by Gasteiger charge is 2.24. The summed E-state index contributed by atoms with van der Waals surface area (Å²) in [7, 11) is 0. The number of anilines is 1. The van der Waals surface area contributed by atoms with Crippen molar-refractivity contribution in [1.82, 2.24) is 4.98 Å². The first kappa shape index (κ1) is 11.3. The van der Waals surface area contributed by atoms with Gasteiger partial charge < -0.3 is 10.1 Å². The summed E-state index contributed by atoms with van der Waals surface area (Å²) < 4.78 is 6.64. The quantitative estimate of drug-likeness (QED) is 0.905. The topological polar surface area (TPSA) is 34.1 Å². The number of benzene rings is 1. The van der Waals surface area contributed by atoms with Crippen LogP contribution < -0.4 is 5.32 Å². The summed E-state index contributed by atoms with van der Waals surface area (Å²) in [5.74, 6) is 0. The van der Waals surface area contributed by atoms with Crippen molar-refractivity contribution < 1.29 is 4.74 Å². The van der Waals surface area contributed by atoms with Gasteiger partial charge in [0.15, 0.2) is 5.13 Å². The van der Waals surface area contributed by atoms with Crippen LogP contribution in [-0.4, -0.2) is 23.7 Å². The lowest BCUT2D eigenvalue weighted by atomic mass is 10.2. The Kier molecular flexibility index (Phi) is 2.94. The van der Waals surface area contributed by atoms with Crippen molar-refractivity contribution >= 4 is 38.3 Å². The van der Waals surface area contributed by atoms with E-state index in [1.165, 1.54) is 0 Å². The zero-order chi connectivity index (χ0) is 11.8. The van der Waals surface area contributed by atoms with Crippen molar-refractivity contribution in [2.75, 3.05) is 11.9 Å². The zero-order valence-corrected chi connectivity index (χ0v) is 11.0. The summed E-state index contributed by atoms with van der Waals surface area (Å²) in [5, 5.41) is 5.14. The number of ether oxygens (including phenoxy) is 1. The number of hydrogen-bond donors (Lipinski definition) is 1. The molecule has 1 fully saturated rings. The second kappa shape index (κ2) is 4.44. The van der Waals surface area contributed by atoms with Crippen LogP contribution in [0.4, 0.5) is 5.13 Å². The van der Waals surface area contributed by atoms with E-state index in [-0.39, 0.29) is 6.10 Å². The molecule has 3 rings (SSSR count). The lowest BCUT2D eigenvalue weighted by molar-refractivity contribution is 0.121. The van der Waals surface area contributed by atoms with E-state index >= 15 is 0 Å². The summed E-state index contributed by atoms with van der Waals surface area (Å²) in [6.45, 7) is 2.92. The van der Waals surface area contributed by atoms with E-state index in [4.69, 9.17) is 16.3 Å². The maximum Gasteiger partial charge on any atom is 0.184 e. The van der Waals surface area contributed by atoms with E-state index < -0.39 is 0 Å². The van der Waals surface area contributed by atoms with Crippen molar-refractivity contribution in [1.29, 1.82) is 0 Å². The van der Waals surface area contributed by atoms with Gasteiger partial charge in [-0.05, 0) is 31.5 Å². The highest BCUT2D eigenvalue weighted by Crippen LogP contribution is 2.30. The molecule has 3 nitrogen and oxygen atoms in total. The Bertz CT molecular complexity index is 542. The van der Waals surface area contributed by atoms with Crippen LogP contribution >= 0.6 is 22.9 Å². The van der Waals surface area contributed by atoms with Crippen molar-refractivity contribution in [2.45, 2.75) is 25.5 Å². The number of hydrogen-bond acceptors (Lipinski definition) is 4. The molecule has 0 radical (unpaired) electrons. The first-order valence-electron chi connectivity index (χ1n) is 5.66. The van der Waals surface area contributed by atoms with Gasteiger partial charge in [-0.25, -0.2) is 4.98 Å². The summed E-state index contributed by atoms with van der Waals surface area (Å²) >= 11 is 7.60. The molecule has 17 heavy (non-hydrogen) atoms. The lowest BCUT2D eigenvalue weighted by Gasteiger charge is -2.14. The van der Waals surface area contributed by atoms with E-state index in [0.29, 0.717) is 6.04 Å². The largest absolute Gasteiger partial charge is 0.376 e. The second-order valence-corrected chi connectivity index (χ2v) is 5.71. The van der Waals surface area contributed by atoms with Crippen LogP contribution in [0.2, 0.25) is 5.02 Å². The predicted octanol–water partition coefficient (Wildman–Crippen LogP) is 3.54. The molecule has 0 spiro atoms. The smallest absolute Gasteiger partial charge is 0.184 e. The maximum atomic E-state index is 5.96. The van der Waals surface area contributed by atoms with Crippen LogP contribution in [0.1, 0.15) is 13.3 Å². The number of fused-ring (bicyclic) bond motifs is 1. The third-order valence-electron chi connectivity index (χ3n) is 3.04. The van der Waals surface area contributed by atoms with Crippen molar-refractivity contribution in [3.63, 3.8) is 0 Å². The molecular formula is C12H13ClN2OS. The number of nitrogens with one attached hydrogen (secondary N) is 1. The Balaban J connectivity index is 1.85. The second-order valence-electron chi connectivity index (χ2n) is 4.25. The number of halogens is 1. The van der Waals surface area contributed by atoms with Crippen molar-refractivity contribution in [2.24, 2.45) is 0 Å². The van der Waals surface area contributed by atoms with E-state index in [2.05, 4.69) is 17.2 Å². The fourth-order valence-corrected chi connectivity index (χ4v) is 3.24. The normalized spacial score (nSPS) is 24.4. The molecule has 0 bridgehead atoms. The fourth-order valence-electron chi connectivity index (χ4n) is 2.04. The van der Waals surface area contributed by atoms with Crippen LogP contribution in [0.3, 0.4) is 0 Å². The third-order valence-corrected chi connectivity index (χ3v) is 4.22. The number of nitrogens with zero attached hydrogens (tertiary/aromatic N) is 1. The summed E-state index contributed by atoms with van der Waals surface area (Å²) in [6.07, 6.45) is 1.29.